The van der Waals surface area contributed by atoms with Gasteiger partial charge in [-0.1, -0.05) is 5.16 Å². The second-order valence-electron chi connectivity index (χ2n) is 12.3. The summed E-state index contributed by atoms with van der Waals surface area (Å²) in [7, 11) is 0. The Bertz CT molecular complexity index is 1490. The Morgan fingerprint density at radius 3 is 2.40 bits per heavy atom. The molecule has 3 fully saturated rings. The van der Waals surface area contributed by atoms with Gasteiger partial charge >= 0.3 is 0 Å². The third-order valence-electron chi connectivity index (χ3n) is 8.74. The van der Waals surface area contributed by atoms with Crippen molar-refractivity contribution in [3.05, 3.63) is 41.1 Å². The van der Waals surface area contributed by atoms with Crippen LogP contribution in [0.4, 0.5) is 17.6 Å². The molecule has 0 aliphatic heterocycles. The fraction of sp³-hybridized carbons (Fsp3) is 0.643. The number of hydrogen-bond acceptors (Lipinski definition) is 8. The molecule has 0 radical (unpaired) electrons. The van der Waals surface area contributed by atoms with Crippen LogP contribution in [0.25, 0.3) is 5.65 Å². The molecule has 3 saturated carbocycles. The lowest BCUT2D eigenvalue weighted by atomic mass is 9.79. The highest BCUT2D eigenvalue weighted by Gasteiger charge is 2.46. The maximum absolute atomic E-state index is 14.0. The number of rotatable bonds is 10. The van der Waals surface area contributed by atoms with E-state index in [2.05, 4.69) is 30.7 Å². The summed E-state index contributed by atoms with van der Waals surface area (Å²) in [5.41, 5.74) is 1.29. The molecule has 0 saturated heterocycles. The lowest BCUT2D eigenvalue weighted by Gasteiger charge is -2.34. The minimum absolute atomic E-state index is 0.0433. The zero-order chi connectivity index (χ0) is 30.5. The Kier molecular flexibility index (Phi) is 7.63. The number of hydrogen-bond donors (Lipinski definition) is 3. The number of carbonyl (C=O) groups is 2. The fourth-order valence-electron chi connectivity index (χ4n) is 6.22. The third-order valence-corrected chi connectivity index (χ3v) is 8.74. The zero-order valence-electron chi connectivity index (χ0n) is 23.5. The maximum atomic E-state index is 14.0. The molecule has 6 rings (SSSR count). The minimum Gasteiger partial charge on any atom is -0.387 e. The van der Waals surface area contributed by atoms with Crippen LogP contribution < -0.4 is 10.6 Å². The number of imidazole rings is 1. The first-order valence-electron chi connectivity index (χ1n) is 14.6. The van der Waals surface area contributed by atoms with Gasteiger partial charge in [-0.15, -0.1) is 0 Å². The van der Waals surface area contributed by atoms with E-state index in [9.17, 15) is 32.3 Å². The first-order chi connectivity index (χ1) is 20.4. The number of nitrogens with zero attached hydrogens (tertiary/aromatic N) is 5. The molecule has 3 heterocycles. The fourth-order valence-corrected chi connectivity index (χ4v) is 6.22. The van der Waals surface area contributed by atoms with Crippen molar-refractivity contribution in [3.8, 4) is 0 Å². The second-order valence-corrected chi connectivity index (χ2v) is 12.3. The van der Waals surface area contributed by atoms with Crippen LogP contribution in [0, 0.1) is 17.8 Å². The van der Waals surface area contributed by atoms with Gasteiger partial charge in [-0.05, 0) is 67.1 Å². The molecule has 1 unspecified atom stereocenters. The Morgan fingerprint density at radius 1 is 1.05 bits per heavy atom. The van der Waals surface area contributed by atoms with Gasteiger partial charge in [0.1, 0.15) is 5.69 Å². The summed E-state index contributed by atoms with van der Waals surface area (Å²) < 4.78 is 60.6. The molecule has 3 aromatic heterocycles. The summed E-state index contributed by atoms with van der Waals surface area (Å²) in [6.07, 6.45) is 3.06. The number of aliphatic hydroxyl groups excluding tert-OH is 1. The lowest BCUT2D eigenvalue weighted by molar-refractivity contribution is -0.134. The number of fused-ring (bicyclic) bond motifs is 1. The predicted molar refractivity (Wildman–Crippen MR) is 141 cm³/mol. The molecular formula is C28H33F4N7O4. The van der Waals surface area contributed by atoms with Crippen LogP contribution in [-0.4, -0.2) is 53.7 Å². The molecule has 2 amide bonds. The molecule has 0 bridgehead atoms. The van der Waals surface area contributed by atoms with E-state index in [4.69, 9.17) is 4.98 Å². The van der Waals surface area contributed by atoms with Crippen molar-refractivity contribution in [1.82, 2.24) is 35.5 Å². The van der Waals surface area contributed by atoms with E-state index in [-0.39, 0.29) is 86.0 Å². The highest BCUT2D eigenvalue weighted by molar-refractivity contribution is 5.93. The molecule has 11 nitrogen and oxygen atoms in total. The molecule has 0 spiro atoms. The predicted octanol–water partition coefficient (Wildman–Crippen LogP) is 4.46. The van der Waals surface area contributed by atoms with Gasteiger partial charge in [0.15, 0.2) is 11.3 Å². The number of amides is 2. The summed E-state index contributed by atoms with van der Waals surface area (Å²) >= 11 is 0. The molecule has 3 N–H and O–H groups in total. The van der Waals surface area contributed by atoms with Gasteiger partial charge in [-0.3, -0.25) is 9.59 Å². The molecule has 3 aliphatic carbocycles. The summed E-state index contributed by atoms with van der Waals surface area (Å²) in [5, 5.41) is 27.5. The standard InChI is InChI=1S/C28H33F4N7O4/c1-14(40)22-25(38-43-37-22)26(42)36-24(17-4-6-27(29,30)7-5-17)19-13-39-20(34-19)9-18(12-33-39)23(16-2-3-16)35-21(41)8-15-10-28(31,32)11-15/h9,12-17,23-24,40H,2-8,10-11H2,1H3,(H,35,41)(H,36,42)/t14-,23-,24?/m1/s1. The molecule has 232 valence electrons. The third kappa shape index (κ3) is 6.50. The lowest BCUT2D eigenvalue weighted by Crippen LogP contribution is -2.39. The maximum Gasteiger partial charge on any atom is 0.276 e. The van der Waals surface area contributed by atoms with Crippen LogP contribution in [-0.2, 0) is 4.79 Å². The van der Waals surface area contributed by atoms with Gasteiger partial charge in [-0.25, -0.2) is 31.7 Å². The molecule has 3 aromatic rings. The smallest absolute Gasteiger partial charge is 0.276 e. The monoisotopic (exact) mass is 607 g/mol. The SMILES string of the molecule is C[C@@H](O)c1nonc1C(=O)NC(c1cn2ncc([C@H](NC(=O)CC3CC(F)(F)C3)C3CC3)cc2n1)C1CCC(F)(F)CC1. The number of nitrogens with one attached hydrogen (secondary N) is 2. The Hall–Kier alpha value is -3.62. The van der Waals surface area contributed by atoms with Gasteiger partial charge in [0.25, 0.3) is 5.91 Å². The van der Waals surface area contributed by atoms with Gasteiger partial charge in [0, 0.05) is 32.1 Å². The van der Waals surface area contributed by atoms with Crippen molar-refractivity contribution in [2.75, 3.05) is 0 Å². The van der Waals surface area contributed by atoms with Crippen molar-refractivity contribution in [1.29, 1.82) is 0 Å². The van der Waals surface area contributed by atoms with Crippen molar-refractivity contribution >= 4 is 17.5 Å². The summed E-state index contributed by atoms with van der Waals surface area (Å²) in [4.78, 5) is 30.6. The normalized spacial score (nSPS) is 22.5. The van der Waals surface area contributed by atoms with E-state index in [1.807, 2.05) is 0 Å². The largest absolute Gasteiger partial charge is 0.387 e. The van der Waals surface area contributed by atoms with Crippen molar-refractivity contribution in [3.63, 3.8) is 0 Å². The second kappa shape index (κ2) is 11.1. The number of aromatic nitrogens is 5. The summed E-state index contributed by atoms with van der Waals surface area (Å²) in [6.45, 7) is 1.41. The summed E-state index contributed by atoms with van der Waals surface area (Å²) in [6, 6.07) is 0.658. The quantitative estimate of drug-likeness (QED) is 0.286. The van der Waals surface area contributed by atoms with E-state index in [0.717, 1.165) is 12.8 Å². The first-order valence-corrected chi connectivity index (χ1v) is 14.6. The van der Waals surface area contributed by atoms with Crippen LogP contribution >= 0.6 is 0 Å². The van der Waals surface area contributed by atoms with Crippen LogP contribution in [0.3, 0.4) is 0 Å². The minimum atomic E-state index is -2.78. The van der Waals surface area contributed by atoms with E-state index in [1.54, 1.807) is 18.5 Å². The summed E-state index contributed by atoms with van der Waals surface area (Å²) in [5.74, 6) is -6.93. The van der Waals surface area contributed by atoms with Crippen LogP contribution in [0.5, 0.6) is 0 Å². The van der Waals surface area contributed by atoms with Crippen LogP contribution in [0.1, 0.15) is 110 Å². The van der Waals surface area contributed by atoms with Gasteiger partial charge in [0.2, 0.25) is 17.8 Å². The zero-order valence-corrected chi connectivity index (χ0v) is 23.5. The number of alkyl halides is 4. The highest BCUT2D eigenvalue weighted by atomic mass is 19.3. The number of carbonyl (C=O) groups excluding carboxylic acids is 2. The van der Waals surface area contributed by atoms with Gasteiger partial charge < -0.3 is 15.7 Å². The van der Waals surface area contributed by atoms with Crippen molar-refractivity contribution in [2.24, 2.45) is 17.8 Å². The van der Waals surface area contributed by atoms with Crippen LogP contribution in [0.2, 0.25) is 0 Å². The van der Waals surface area contributed by atoms with Gasteiger partial charge in [0.05, 0.1) is 36.3 Å². The van der Waals surface area contributed by atoms with Crippen LogP contribution in [0.15, 0.2) is 23.1 Å². The Balaban J connectivity index is 1.24. The Morgan fingerprint density at radius 2 is 1.74 bits per heavy atom. The van der Waals surface area contributed by atoms with E-state index in [1.165, 1.54) is 11.4 Å². The van der Waals surface area contributed by atoms with Crippen molar-refractivity contribution < 1.29 is 36.9 Å². The molecule has 0 aromatic carbocycles. The topological polar surface area (TPSA) is 148 Å². The molecule has 43 heavy (non-hydrogen) atoms. The number of halogens is 4. The molecular weight excluding hydrogens is 574 g/mol. The molecule has 15 heteroatoms. The van der Waals surface area contributed by atoms with E-state index >= 15 is 0 Å². The van der Waals surface area contributed by atoms with Crippen molar-refractivity contribution in [2.45, 2.75) is 94.7 Å². The van der Waals surface area contributed by atoms with E-state index in [0.29, 0.717) is 16.9 Å². The highest BCUT2D eigenvalue weighted by Crippen LogP contribution is 2.45. The Labute approximate surface area is 243 Å². The van der Waals surface area contributed by atoms with Gasteiger partial charge in [-0.2, -0.15) is 5.10 Å². The number of aliphatic hydroxyl groups is 1. The molecule has 3 atom stereocenters. The average molecular weight is 608 g/mol. The first kappa shape index (κ1) is 29.5. The molecule has 3 aliphatic rings. The van der Waals surface area contributed by atoms with E-state index < -0.39 is 29.9 Å². The average Bonchev–Trinajstić information content (AvgIpc) is 3.47.